The van der Waals surface area contributed by atoms with Crippen LogP contribution in [0.2, 0.25) is 0 Å². The predicted octanol–water partition coefficient (Wildman–Crippen LogP) is 5.24. The molecule has 0 N–H and O–H groups in total. The summed E-state index contributed by atoms with van der Waals surface area (Å²) in [6, 6.07) is 8.70. The highest BCUT2D eigenvalue weighted by molar-refractivity contribution is 9.10. The molecule has 0 atom stereocenters. The Bertz CT molecular complexity index is 1320. The molecule has 37 heavy (non-hydrogen) atoms. The number of carbonyl (C=O) groups is 1. The fraction of sp³-hybridized carbons (Fsp3) is 0.400. The average Bonchev–Trinajstić information content (AvgIpc) is 3.27. The SMILES string of the molecule is O=C(Cn1cc(C(F)(F)F)cc(Br)c1=O)N1CCC(c2nc(C3OCc4ccccc4CO3)cs2)CC1. The molecule has 0 radical (unpaired) electrons. The first-order valence-corrected chi connectivity index (χ1v) is 13.4. The number of halogens is 4. The van der Waals surface area contributed by atoms with Crippen LogP contribution in [-0.4, -0.2) is 33.4 Å². The van der Waals surface area contributed by atoms with Gasteiger partial charge in [0.05, 0.1) is 28.3 Å². The number of piperidine rings is 1. The number of aromatic nitrogens is 2. The van der Waals surface area contributed by atoms with E-state index in [1.807, 2.05) is 29.6 Å². The Morgan fingerprint density at radius 3 is 2.41 bits per heavy atom. The van der Waals surface area contributed by atoms with E-state index >= 15 is 0 Å². The van der Waals surface area contributed by atoms with Gasteiger partial charge in [-0.05, 0) is 46.0 Å². The smallest absolute Gasteiger partial charge is 0.342 e. The Balaban J connectivity index is 1.18. The van der Waals surface area contributed by atoms with Gasteiger partial charge in [0.25, 0.3) is 5.56 Å². The van der Waals surface area contributed by atoms with Gasteiger partial charge in [-0.25, -0.2) is 4.98 Å². The fourth-order valence-electron chi connectivity index (χ4n) is 4.48. The fourth-order valence-corrected chi connectivity index (χ4v) is 5.94. The maximum Gasteiger partial charge on any atom is 0.417 e. The molecular weight excluding hydrogens is 575 g/mol. The van der Waals surface area contributed by atoms with Gasteiger partial charge in [-0.2, -0.15) is 13.2 Å². The van der Waals surface area contributed by atoms with Crippen molar-refractivity contribution in [2.75, 3.05) is 13.1 Å². The molecule has 3 aromatic rings. The maximum absolute atomic E-state index is 13.1. The van der Waals surface area contributed by atoms with E-state index in [1.54, 1.807) is 4.90 Å². The number of thiazole rings is 1. The minimum absolute atomic E-state index is 0.149. The summed E-state index contributed by atoms with van der Waals surface area (Å²) in [6.45, 7) is 1.30. The number of nitrogens with zero attached hydrogens (tertiary/aromatic N) is 3. The Hall–Kier alpha value is -2.54. The van der Waals surface area contributed by atoms with Crippen molar-refractivity contribution < 1.29 is 27.4 Å². The van der Waals surface area contributed by atoms with Gasteiger partial charge in [-0.3, -0.25) is 9.59 Å². The Morgan fingerprint density at radius 2 is 1.78 bits per heavy atom. The van der Waals surface area contributed by atoms with Gasteiger partial charge in [0.2, 0.25) is 12.2 Å². The van der Waals surface area contributed by atoms with E-state index in [2.05, 4.69) is 15.9 Å². The molecule has 7 nitrogen and oxygen atoms in total. The van der Waals surface area contributed by atoms with Crippen LogP contribution in [0.1, 0.15) is 52.4 Å². The first-order valence-electron chi connectivity index (χ1n) is 11.7. The van der Waals surface area contributed by atoms with Crippen molar-refractivity contribution in [1.82, 2.24) is 14.5 Å². The van der Waals surface area contributed by atoms with Gasteiger partial charge < -0.3 is 18.9 Å². The average molecular weight is 598 g/mol. The van der Waals surface area contributed by atoms with E-state index < -0.39 is 36.0 Å². The second kappa shape index (κ2) is 10.7. The molecule has 2 aliphatic rings. The van der Waals surface area contributed by atoms with E-state index in [1.165, 1.54) is 11.3 Å². The van der Waals surface area contributed by atoms with Crippen molar-refractivity contribution in [2.24, 2.45) is 0 Å². The van der Waals surface area contributed by atoms with Crippen LogP contribution in [0.5, 0.6) is 0 Å². The third-order valence-corrected chi connectivity index (χ3v) is 8.15. The maximum atomic E-state index is 13.1. The number of hydrogen-bond donors (Lipinski definition) is 0. The van der Waals surface area contributed by atoms with Crippen LogP contribution in [0, 0.1) is 0 Å². The minimum Gasteiger partial charge on any atom is -0.342 e. The molecule has 2 aromatic heterocycles. The highest BCUT2D eigenvalue weighted by Gasteiger charge is 2.33. The molecular formula is C25H23BrF3N3O4S. The Labute approximate surface area is 223 Å². The number of carbonyl (C=O) groups excluding carboxylic acids is 1. The number of rotatable bonds is 4. The Morgan fingerprint density at radius 1 is 1.14 bits per heavy atom. The minimum atomic E-state index is -4.62. The highest BCUT2D eigenvalue weighted by atomic mass is 79.9. The molecule has 4 heterocycles. The quantitative estimate of drug-likeness (QED) is 0.411. The number of alkyl halides is 3. The topological polar surface area (TPSA) is 73.7 Å². The summed E-state index contributed by atoms with van der Waals surface area (Å²) in [7, 11) is 0. The van der Waals surface area contributed by atoms with E-state index in [-0.39, 0.29) is 10.4 Å². The molecule has 1 fully saturated rings. The number of benzene rings is 1. The van der Waals surface area contributed by atoms with Crippen molar-refractivity contribution in [1.29, 1.82) is 0 Å². The van der Waals surface area contributed by atoms with E-state index in [0.29, 0.717) is 45.3 Å². The molecule has 1 saturated heterocycles. The van der Waals surface area contributed by atoms with Crippen LogP contribution in [0.25, 0.3) is 0 Å². The molecule has 12 heteroatoms. The molecule has 0 saturated carbocycles. The summed E-state index contributed by atoms with van der Waals surface area (Å²) < 4.78 is 51.8. The van der Waals surface area contributed by atoms with Gasteiger partial charge in [0.1, 0.15) is 12.2 Å². The van der Waals surface area contributed by atoms with E-state index in [0.717, 1.165) is 32.5 Å². The van der Waals surface area contributed by atoms with Crippen LogP contribution >= 0.6 is 27.3 Å². The van der Waals surface area contributed by atoms with E-state index in [4.69, 9.17) is 14.5 Å². The van der Waals surface area contributed by atoms with Crippen molar-refractivity contribution in [2.45, 2.75) is 51.0 Å². The third-order valence-electron chi connectivity index (χ3n) is 6.55. The van der Waals surface area contributed by atoms with Crippen molar-refractivity contribution in [3.63, 3.8) is 0 Å². The molecule has 196 valence electrons. The molecule has 5 rings (SSSR count). The highest BCUT2D eigenvalue weighted by Crippen LogP contribution is 2.34. The van der Waals surface area contributed by atoms with Gasteiger partial charge in [0, 0.05) is 30.6 Å². The van der Waals surface area contributed by atoms with Crippen molar-refractivity contribution in [3.05, 3.63) is 84.1 Å². The summed E-state index contributed by atoms with van der Waals surface area (Å²) in [4.78, 5) is 31.4. The van der Waals surface area contributed by atoms with Crippen molar-refractivity contribution in [3.8, 4) is 0 Å². The summed E-state index contributed by atoms with van der Waals surface area (Å²) in [5.74, 6) is -0.248. The summed E-state index contributed by atoms with van der Waals surface area (Å²) >= 11 is 4.40. The second-order valence-electron chi connectivity index (χ2n) is 9.00. The Kier molecular flexibility index (Phi) is 7.53. The lowest BCUT2D eigenvalue weighted by Crippen LogP contribution is -2.41. The zero-order valence-electron chi connectivity index (χ0n) is 19.5. The normalized spacial score (nSPS) is 17.5. The number of ether oxygens (including phenoxy) is 2. The second-order valence-corrected chi connectivity index (χ2v) is 10.7. The van der Waals surface area contributed by atoms with E-state index in [9.17, 15) is 22.8 Å². The van der Waals surface area contributed by atoms with Crippen LogP contribution in [-0.2, 0) is 40.2 Å². The molecule has 0 bridgehead atoms. The largest absolute Gasteiger partial charge is 0.417 e. The first kappa shape index (κ1) is 26.1. The van der Waals surface area contributed by atoms with Crippen LogP contribution in [0.4, 0.5) is 13.2 Å². The third kappa shape index (κ3) is 5.82. The zero-order valence-corrected chi connectivity index (χ0v) is 21.9. The standard InChI is InChI=1S/C25H23BrF3N3O4S/c26-19-9-18(25(27,28)29)10-32(23(19)34)11-21(33)31-7-5-15(6-8-31)22-30-20(14-37-22)24-35-12-16-3-1-2-4-17(16)13-36-24/h1-4,9-10,14-15,24H,5-8,11-13H2. The first-order chi connectivity index (χ1) is 17.7. The molecule has 0 aliphatic carbocycles. The lowest BCUT2D eigenvalue weighted by Gasteiger charge is -2.31. The predicted molar refractivity (Wildman–Crippen MR) is 133 cm³/mol. The number of likely N-dealkylation sites (tertiary alicyclic amines) is 1. The summed E-state index contributed by atoms with van der Waals surface area (Å²) in [6.07, 6.45) is -3.16. The molecule has 0 unspecified atom stereocenters. The number of pyridine rings is 1. The van der Waals surface area contributed by atoms with Crippen LogP contribution in [0.3, 0.4) is 0 Å². The monoisotopic (exact) mass is 597 g/mol. The number of hydrogen-bond acceptors (Lipinski definition) is 6. The lowest BCUT2D eigenvalue weighted by molar-refractivity contribution is -0.155. The number of amides is 1. The van der Waals surface area contributed by atoms with Gasteiger partial charge in [-0.1, -0.05) is 24.3 Å². The van der Waals surface area contributed by atoms with Crippen molar-refractivity contribution >= 4 is 33.2 Å². The lowest BCUT2D eigenvalue weighted by atomic mass is 9.97. The van der Waals surface area contributed by atoms with Crippen LogP contribution < -0.4 is 5.56 Å². The summed E-state index contributed by atoms with van der Waals surface area (Å²) in [5.41, 5.74) is 1.24. The molecule has 0 spiro atoms. The van der Waals surface area contributed by atoms with Gasteiger partial charge in [0.15, 0.2) is 0 Å². The van der Waals surface area contributed by atoms with Crippen LogP contribution in [0.15, 0.2) is 51.2 Å². The molecule has 1 aromatic carbocycles. The number of fused-ring (bicyclic) bond motifs is 1. The van der Waals surface area contributed by atoms with Gasteiger partial charge >= 0.3 is 6.18 Å². The zero-order chi connectivity index (χ0) is 26.2. The summed E-state index contributed by atoms with van der Waals surface area (Å²) in [5, 5.41) is 2.87. The van der Waals surface area contributed by atoms with Gasteiger partial charge in [-0.15, -0.1) is 11.3 Å². The molecule has 1 amide bonds. The molecule has 2 aliphatic heterocycles.